The molecule has 2 amide bonds. The maximum Gasteiger partial charge on any atom is 0.254 e. The third-order valence-corrected chi connectivity index (χ3v) is 4.92. The van der Waals surface area contributed by atoms with Crippen LogP contribution in [0, 0.1) is 0 Å². The Hall–Kier alpha value is -3.12. The van der Waals surface area contributed by atoms with Gasteiger partial charge in [0.15, 0.2) is 0 Å². The van der Waals surface area contributed by atoms with E-state index in [9.17, 15) is 9.59 Å². The number of aromatic amines is 1. The third-order valence-electron chi connectivity index (χ3n) is 4.69. The van der Waals surface area contributed by atoms with E-state index >= 15 is 0 Å². The predicted molar refractivity (Wildman–Crippen MR) is 104 cm³/mol. The molecule has 2 N–H and O–H groups in total. The number of carbonyl (C=O) groups excluding carboxylic acids is 2. The van der Waals surface area contributed by atoms with Gasteiger partial charge in [0.1, 0.15) is 6.04 Å². The minimum absolute atomic E-state index is 0.166. The molecule has 0 spiro atoms. The lowest BCUT2D eigenvalue weighted by Crippen LogP contribution is -2.45. The van der Waals surface area contributed by atoms with Gasteiger partial charge in [-0.3, -0.25) is 9.59 Å². The molecule has 1 atom stereocenters. The highest BCUT2D eigenvalue weighted by Gasteiger charge is 2.31. The van der Waals surface area contributed by atoms with Crippen LogP contribution >= 0.6 is 11.6 Å². The Labute approximate surface area is 161 Å². The zero-order valence-corrected chi connectivity index (χ0v) is 15.3. The smallest absolute Gasteiger partial charge is 0.254 e. The van der Waals surface area contributed by atoms with Gasteiger partial charge in [0.25, 0.3) is 5.91 Å². The first-order chi connectivity index (χ1) is 13.0. The van der Waals surface area contributed by atoms with Gasteiger partial charge < -0.3 is 15.2 Å². The Morgan fingerprint density at radius 1 is 1.15 bits per heavy atom. The van der Waals surface area contributed by atoms with Gasteiger partial charge in [0.05, 0.1) is 23.3 Å². The maximum atomic E-state index is 12.9. The summed E-state index contributed by atoms with van der Waals surface area (Å²) in [5, 5.41) is 3.28. The Kier molecular flexibility index (Phi) is 4.41. The first kappa shape index (κ1) is 17.3. The summed E-state index contributed by atoms with van der Waals surface area (Å²) in [5.41, 5.74) is 3.74. The first-order valence-electron chi connectivity index (χ1n) is 8.49. The van der Waals surface area contributed by atoms with Crippen molar-refractivity contribution in [2.75, 3.05) is 11.9 Å². The molecular formula is C20H17ClN4O2. The fraction of sp³-hybridized carbons (Fsp3) is 0.150. The first-order valence-corrected chi connectivity index (χ1v) is 8.87. The molecule has 27 heavy (non-hydrogen) atoms. The second-order valence-electron chi connectivity index (χ2n) is 6.44. The van der Waals surface area contributed by atoms with Crippen molar-refractivity contribution in [2.24, 2.45) is 0 Å². The molecule has 1 aliphatic heterocycles. The maximum absolute atomic E-state index is 12.9. The van der Waals surface area contributed by atoms with Crippen LogP contribution in [0.25, 0.3) is 11.3 Å². The number of imidazole rings is 1. The average molecular weight is 381 g/mol. The van der Waals surface area contributed by atoms with Gasteiger partial charge in [-0.25, -0.2) is 4.98 Å². The number of fused-ring (bicyclic) bond motifs is 1. The highest BCUT2D eigenvalue weighted by Crippen LogP contribution is 2.27. The van der Waals surface area contributed by atoms with Crippen LogP contribution in [0.5, 0.6) is 0 Å². The van der Waals surface area contributed by atoms with Gasteiger partial charge in [-0.1, -0.05) is 35.9 Å². The van der Waals surface area contributed by atoms with Crippen molar-refractivity contribution in [3.05, 3.63) is 71.1 Å². The van der Waals surface area contributed by atoms with Crippen LogP contribution in [-0.4, -0.2) is 34.9 Å². The molecule has 0 fully saturated rings. The molecule has 0 saturated heterocycles. The molecular weight excluding hydrogens is 364 g/mol. The van der Waals surface area contributed by atoms with Gasteiger partial charge in [0.2, 0.25) is 5.91 Å². The van der Waals surface area contributed by atoms with Gasteiger partial charge in [-0.05, 0) is 23.8 Å². The number of nitrogens with zero attached hydrogens (tertiary/aromatic N) is 2. The molecule has 3 aromatic rings. The molecule has 0 bridgehead atoms. The summed E-state index contributed by atoms with van der Waals surface area (Å²) < 4.78 is 0. The summed E-state index contributed by atoms with van der Waals surface area (Å²) in [6.45, 7) is 0. The highest BCUT2D eigenvalue weighted by atomic mass is 35.5. The van der Waals surface area contributed by atoms with E-state index < -0.39 is 6.04 Å². The number of likely N-dealkylation sites (N-methyl/N-ethyl adjacent to an activating group) is 1. The largest absolute Gasteiger partial charge is 0.351 e. The van der Waals surface area contributed by atoms with Crippen LogP contribution in [0.15, 0.2) is 55.0 Å². The number of halogens is 1. The summed E-state index contributed by atoms with van der Waals surface area (Å²) in [6, 6.07) is 12.1. The fourth-order valence-electron chi connectivity index (χ4n) is 3.24. The molecule has 0 radical (unpaired) electrons. The van der Waals surface area contributed by atoms with Gasteiger partial charge in [0, 0.05) is 30.3 Å². The van der Waals surface area contributed by atoms with Crippen molar-refractivity contribution >= 4 is 29.1 Å². The van der Waals surface area contributed by atoms with Gasteiger partial charge in [-0.2, -0.15) is 0 Å². The van der Waals surface area contributed by atoms with Crippen LogP contribution in [0.4, 0.5) is 5.69 Å². The van der Waals surface area contributed by atoms with Crippen LogP contribution in [0.3, 0.4) is 0 Å². The van der Waals surface area contributed by atoms with Gasteiger partial charge in [-0.15, -0.1) is 0 Å². The van der Waals surface area contributed by atoms with E-state index in [1.54, 1.807) is 31.6 Å². The minimum atomic E-state index is -0.648. The lowest BCUT2D eigenvalue weighted by molar-refractivity contribution is -0.120. The van der Waals surface area contributed by atoms with E-state index in [4.69, 9.17) is 11.6 Å². The van der Waals surface area contributed by atoms with E-state index in [-0.39, 0.29) is 11.8 Å². The van der Waals surface area contributed by atoms with Crippen LogP contribution in [-0.2, 0) is 11.2 Å². The third kappa shape index (κ3) is 3.31. The number of hydrogen-bond acceptors (Lipinski definition) is 3. The van der Waals surface area contributed by atoms with E-state index in [1.165, 1.54) is 4.90 Å². The highest BCUT2D eigenvalue weighted by molar-refractivity contribution is 6.31. The normalized spacial score (nSPS) is 16.7. The van der Waals surface area contributed by atoms with Crippen molar-refractivity contribution in [2.45, 2.75) is 12.5 Å². The van der Waals surface area contributed by atoms with Crippen molar-refractivity contribution in [3.8, 4) is 11.3 Å². The molecule has 7 heteroatoms. The van der Waals surface area contributed by atoms with Crippen LogP contribution in [0.1, 0.15) is 15.9 Å². The molecule has 6 nitrogen and oxygen atoms in total. The quantitative estimate of drug-likeness (QED) is 0.733. The predicted octanol–water partition coefficient (Wildman–Crippen LogP) is 3.05. The molecule has 1 aromatic heterocycles. The molecule has 1 unspecified atom stereocenters. The Morgan fingerprint density at radius 2 is 1.93 bits per heavy atom. The second-order valence-corrected chi connectivity index (χ2v) is 6.88. The summed E-state index contributed by atoms with van der Waals surface area (Å²) in [6.07, 6.45) is 3.85. The van der Waals surface area contributed by atoms with E-state index in [0.717, 1.165) is 16.8 Å². The molecule has 0 saturated carbocycles. The lowest BCUT2D eigenvalue weighted by atomic mass is 10.0. The Balaban J connectivity index is 1.58. The van der Waals surface area contributed by atoms with Crippen molar-refractivity contribution in [1.29, 1.82) is 0 Å². The minimum Gasteiger partial charge on any atom is -0.351 e. The lowest BCUT2D eigenvalue weighted by Gasteiger charge is -2.21. The number of H-pyrrole nitrogens is 1. The zero-order valence-electron chi connectivity index (χ0n) is 14.6. The van der Waals surface area contributed by atoms with Crippen LogP contribution < -0.4 is 10.2 Å². The number of aromatic nitrogens is 2. The monoisotopic (exact) mass is 380 g/mol. The van der Waals surface area contributed by atoms with Gasteiger partial charge >= 0.3 is 0 Å². The number of benzene rings is 2. The topological polar surface area (TPSA) is 78.1 Å². The van der Waals surface area contributed by atoms with Crippen molar-refractivity contribution in [1.82, 2.24) is 15.3 Å². The number of nitrogens with one attached hydrogen (secondary N) is 2. The summed E-state index contributed by atoms with van der Waals surface area (Å²) >= 11 is 6.01. The number of anilines is 1. The molecule has 0 aliphatic carbocycles. The summed E-state index contributed by atoms with van der Waals surface area (Å²) in [7, 11) is 1.67. The molecule has 1 aliphatic rings. The van der Waals surface area contributed by atoms with Crippen molar-refractivity contribution < 1.29 is 9.59 Å². The Morgan fingerprint density at radius 3 is 2.63 bits per heavy atom. The second kappa shape index (κ2) is 6.89. The number of hydrogen-bond donors (Lipinski definition) is 2. The Bertz CT molecular complexity index is 999. The summed E-state index contributed by atoms with van der Waals surface area (Å²) in [4.78, 5) is 34.1. The molecule has 136 valence electrons. The number of amides is 2. The van der Waals surface area contributed by atoms with E-state index in [0.29, 0.717) is 22.7 Å². The van der Waals surface area contributed by atoms with E-state index in [2.05, 4.69) is 15.3 Å². The standard InChI is InChI=1S/C20H17ClN4O2/c1-25-18-7-6-14(21)9-15(18)19(26)24-16(20(25)27)8-12-2-4-13(5-3-12)17-10-22-11-23-17/h2-7,9-11,16H,8H2,1H3,(H,22,23)(H,24,26). The number of rotatable bonds is 3. The SMILES string of the molecule is CN1C(=O)C(Cc2ccc(-c3c[nH]cn3)cc2)NC(=O)c2cc(Cl)ccc21. The van der Waals surface area contributed by atoms with Crippen molar-refractivity contribution in [3.63, 3.8) is 0 Å². The van der Waals surface area contributed by atoms with Crippen LogP contribution in [0.2, 0.25) is 5.02 Å². The fourth-order valence-corrected chi connectivity index (χ4v) is 3.41. The zero-order chi connectivity index (χ0) is 19.0. The molecule has 2 aromatic carbocycles. The summed E-state index contributed by atoms with van der Waals surface area (Å²) in [5.74, 6) is -0.468. The molecule has 4 rings (SSSR count). The number of carbonyl (C=O) groups is 2. The van der Waals surface area contributed by atoms with E-state index in [1.807, 2.05) is 30.5 Å². The molecule has 2 heterocycles. The average Bonchev–Trinajstić information content (AvgIpc) is 3.19.